The van der Waals surface area contributed by atoms with E-state index in [1.165, 1.54) is 6.33 Å². The second-order valence-electron chi connectivity index (χ2n) is 4.74. The summed E-state index contributed by atoms with van der Waals surface area (Å²) in [4.78, 5) is 17.9. The van der Waals surface area contributed by atoms with Crippen LogP contribution in [0.25, 0.3) is 0 Å². The predicted molar refractivity (Wildman–Crippen MR) is 62.8 cm³/mol. The molecule has 0 saturated heterocycles. The van der Waals surface area contributed by atoms with Gasteiger partial charge in [0.15, 0.2) is 0 Å². The maximum atomic E-state index is 12.2. The normalized spacial score (nSPS) is 24.6. The summed E-state index contributed by atoms with van der Waals surface area (Å²) in [5, 5.41) is 6.52. The third kappa shape index (κ3) is 3.03. The number of rotatable bonds is 3. The highest BCUT2D eigenvalue weighted by Crippen LogP contribution is 2.24. The maximum Gasteiger partial charge on any atom is 0.225 e. The molecule has 1 heterocycles. The number of aromatic amines is 1. The Balaban J connectivity index is 1.86. The standard InChI is InChI=1S/C11H19N5O/c1-16(6-10-13-7-14-15-10)11(17)8-2-4-9(12)5-3-8/h7-9H,2-6,12H2,1H3,(H,13,14,15). The zero-order valence-electron chi connectivity index (χ0n) is 10.1. The van der Waals surface area contributed by atoms with Crippen molar-refractivity contribution in [1.29, 1.82) is 0 Å². The number of aromatic nitrogens is 3. The Bertz CT molecular complexity index is 356. The fourth-order valence-electron chi connectivity index (χ4n) is 2.29. The molecule has 0 aliphatic heterocycles. The van der Waals surface area contributed by atoms with E-state index in [0.717, 1.165) is 25.7 Å². The quantitative estimate of drug-likeness (QED) is 0.790. The van der Waals surface area contributed by atoms with Crippen molar-refractivity contribution < 1.29 is 4.79 Å². The molecule has 3 N–H and O–H groups in total. The number of hydrogen-bond acceptors (Lipinski definition) is 4. The van der Waals surface area contributed by atoms with Gasteiger partial charge >= 0.3 is 0 Å². The fourth-order valence-corrected chi connectivity index (χ4v) is 2.29. The van der Waals surface area contributed by atoms with Crippen LogP contribution in [0.2, 0.25) is 0 Å². The minimum atomic E-state index is 0.128. The average molecular weight is 237 g/mol. The van der Waals surface area contributed by atoms with E-state index >= 15 is 0 Å². The second-order valence-corrected chi connectivity index (χ2v) is 4.74. The van der Waals surface area contributed by atoms with Crippen molar-refractivity contribution in [3.63, 3.8) is 0 Å². The summed E-state index contributed by atoms with van der Waals surface area (Å²) in [6.45, 7) is 0.487. The molecule has 1 aliphatic carbocycles. The Kier molecular flexibility index (Phi) is 3.73. The van der Waals surface area contributed by atoms with Gasteiger partial charge in [-0.25, -0.2) is 4.98 Å². The van der Waals surface area contributed by atoms with E-state index < -0.39 is 0 Å². The summed E-state index contributed by atoms with van der Waals surface area (Å²) in [5.74, 6) is 1.03. The molecule has 0 radical (unpaired) electrons. The average Bonchev–Trinajstić information content (AvgIpc) is 2.82. The number of nitrogens with zero attached hydrogens (tertiary/aromatic N) is 3. The lowest BCUT2D eigenvalue weighted by atomic mass is 9.85. The number of amides is 1. The number of nitrogens with two attached hydrogens (primary N) is 1. The first-order valence-electron chi connectivity index (χ1n) is 6.01. The molecule has 0 bridgehead atoms. The van der Waals surface area contributed by atoms with E-state index in [1.807, 2.05) is 0 Å². The van der Waals surface area contributed by atoms with Gasteiger partial charge in [-0.2, -0.15) is 5.10 Å². The van der Waals surface area contributed by atoms with Gasteiger partial charge in [0.1, 0.15) is 12.2 Å². The van der Waals surface area contributed by atoms with Crippen LogP contribution in [-0.2, 0) is 11.3 Å². The number of hydrogen-bond donors (Lipinski definition) is 2. The third-order valence-electron chi connectivity index (χ3n) is 3.35. The van der Waals surface area contributed by atoms with Gasteiger partial charge in [-0.15, -0.1) is 0 Å². The minimum Gasteiger partial charge on any atom is -0.338 e. The van der Waals surface area contributed by atoms with Gasteiger partial charge in [0, 0.05) is 19.0 Å². The Hall–Kier alpha value is -1.43. The number of H-pyrrole nitrogens is 1. The third-order valence-corrected chi connectivity index (χ3v) is 3.35. The van der Waals surface area contributed by atoms with Crippen LogP contribution in [0.5, 0.6) is 0 Å². The van der Waals surface area contributed by atoms with Crippen molar-refractivity contribution in [2.45, 2.75) is 38.3 Å². The number of carbonyl (C=O) groups is 1. The highest BCUT2D eigenvalue weighted by atomic mass is 16.2. The first kappa shape index (κ1) is 12.0. The Morgan fingerprint density at radius 3 is 2.82 bits per heavy atom. The summed E-state index contributed by atoms with van der Waals surface area (Å²) in [6, 6.07) is 0.277. The molecule has 1 aromatic rings. The molecule has 0 unspecified atom stereocenters. The van der Waals surface area contributed by atoms with Crippen molar-refractivity contribution in [1.82, 2.24) is 20.1 Å². The maximum absolute atomic E-state index is 12.2. The summed E-state index contributed by atoms with van der Waals surface area (Å²) < 4.78 is 0. The summed E-state index contributed by atoms with van der Waals surface area (Å²) in [7, 11) is 1.80. The molecule has 1 aromatic heterocycles. The highest BCUT2D eigenvalue weighted by molar-refractivity contribution is 5.78. The SMILES string of the molecule is CN(Cc1ncn[nH]1)C(=O)C1CCC(N)CC1. The fraction of sp³-hybridized carbons (Fsp3) is 0.727. The van der Waals surface area contributed by atoms with Gasteiger partial charge in [0.05, 0.1) is 6.54 Å². The number of carbonyl (C=O) groups excluding carboxylic acids is 1. The molecule has 0 atom stereocenters. The molecule has 1 amide bonds. The molecule has 0 aromatic carbocycles. The summed E-state index contributed by atoms with van der Waals surface area (Å²) >= 11 is 0. The van der Waals surface area contributed by atoms with Crippen LogP contribution in [0.4, 0.5) is 0 Å². The Morgan fingerprint density at radius 2 is 2.24 bits per heavy atom. The van der Waals surface area contributed by atoms with Crippen molar-refractivity contribution in [3.8, 4) is 0 Å². The summed E-state index contributed by atoms with van der Waals surface area (Å²) in [5.41, 5.74) is 5.83. The Morgan fingerprint density at radius 1 is 1.53 bits per heavy atom. The first-order chi connectivity index (χ1) is 8.16. The molecule has 6 nitrogen and oxygen atoms in total. The second kappa shape index (κ2) is 5.27. The number of nitrogens with one attached hydrogen (secondary N) is 1. The zero-order valence-corrected chi connectivity index (χ0v) is 10.1. The lowest BCUT2D eigenvalue weighted by molar-refractivity contribution is -0.135. The largest absolute Gasteiger partial charge is 0.338 e. The van der Waals surface area contributed by atoms with Crippen molar-refractivity contribution in [2.75, 3.05) is 7.05 Å². The van der Waals surface area contributed by atoms with Crippen molar-refractivity contribution >= 4 is 5.91 Å². The van der Waals surface area contributed by atoms with Crippen LogP contribution in [0.3, 0.4) is 0 Å². The molecule has 1 saturated carbocycles. The van der Waals surface area contributed by atoms with Gasteiger partial charge in [0.25, 0.3) is 0 Å². The predicted octanol–water partition coefficient (Wildman–Crippen LogP) is 0.281. The molecule has 0 spiro atoms. The van der Waals surface area contributed by atoms with Gasteiger partial charge in [-0.3, -0.25) is 9.89 Å². The molecule has 1 aliphatic rings. The molecule has 1 fully saturated rings. The van der Waals surface area contributed by atoms with E-state index in [0.29, 0.717) is 12.4 Å². The van der Waals surface area contributed by atoms with E-state index in [-0.39, 0.29) is 17.9 Å². The molecular formula is C11H19N5O. The molecule has 17 heavy (non-hydrogen) atoms. The highest BCUT2D eigenvalue weighted by Gasteiger charge is 2.26. The van der Waals surface area contributed by atoms with Gasteiger partial charge < -0.3 is 10.6 Å². The zero-order chi connectivity index (χ0) is 12.3. The lowest BCUT2D eigenvalue weighted by Gasteiger charge is -2.28. The Labute approximate surface area is 101 Å². The van der Waals surface area contributed by atoms with Crippen LogP contribution in [0, 0.1) is 5.92 Å². The van der Waals surface area contributed by atoms with E-state index in [2.05, 4.69) is 15.2 Å². The van der Waals surface area contributed by atoms with Crippen LogP contribution >= 0.6 is 0 Å². The minimum absolute atomic E-state index is 0.128. The van der Waals surface area contributed by atoms with Crippen molar-refractivity contribution in [3.05, 3.63) is 12.2 Å². The van der Waals surface area contributed by atoms with Crippen molar-refractivity contribution in [2.24, 2.45) is 11.7 Å². The van der Waals surface area contributed by atoms with E-state index in [4.69, 9.17) is 5.73 Å². The molecular weight excluding hydrogens is 218 g/mol. The van der Waals surface area contributed by atoms with Crippen LogP contribution in [-0.4, -0.2) is 39.1 Å². The van der Waals surface area contributed by atoms with Crippen LogP contribution in [0.1, 0.15) is 31.5 Å². The summed E-state index contributed by atoms with van der Waals surface area (Å²) in [6.07, 6.45) is 5.16. The molecule has 2 rings (SSSR count). The van der Waals surface area contributed by atoms with Gasteiger partial charge in [-0.1, -0.05) is 0 Å². The van der Waals surface area contributed by atoms with Gasteiger partial charge in [0.2, 0.25) is 5.91 Å². The van der Waals surface area contributed by atoms with Crippen LogP contribution in [0.15, 0.2) is 6.33 Å². The monoisotopic (exact) mass is 237 g/mol. The first-order valence-corrected chi connectivity index (χ1v) is 6.01. The molecule has 94 valence electrons. The van der Waals surface area contributed by atoms with E-state index in [9.17, 15) is 4.79 Å². The smallest absolute Gasteiger partial charge is 0.225 e. The van der Waals surface area contributed by atoms with Gasteiger partial charge in [-0.05, 0) is 25.7 Å². The molecule has 6 heteroatoms. The van der Waals surface area contributed by atoms with Crippen LogP contribution < -0.4 is 5.73 Å². The lowest BCUT2D eigenvalue weighted by Crippen LogP contribution is -2.37. The topological polar surface area (TPSA) is 87.9 Å². The van der Waals surface area contributed by atoms with E-state index in [1.54, 1.807) is 11.9 Å².